The summed E-state index contributed by atoms with van der Waals surface area (Å²) < 4.78 is 0. The van der Waals surface area contributed by atoms with Gasteiger partial charge in [-0.25, -0.2) is 0 Å². The van der Waals surface area contributed by atoms with Crippen molar-refractivity contribution in [3.05, 3.63) is 52.6 Å². The van der Waals surface area contributed by atoms with Crippen molar-refractivity contribution in [3.63, 3.8) is 0 Å². The van der Waals surface area contributed by atoms with Crippen molar-refractivity contribution < 1.29 is 0 Å². The predicted molar refractivity (Wildman–Crippen MR) is 68.5 cm³/mol. The molecule has 20 heavy (non-hydrogen) atoms. The summed E-state index contributed by atoms with van der Waals surface area (Å²) in [4.78, 5) is 0. The van der Waals surface area contributed by atoms with E-state index in [0.717, 1.165) is 0 Å². The van der Waals surface area contributed by atoms with Gasteiger partial charge in [-0.05, 0) is 5.56 Å². The number of hydrogen-bond acceptors (Lipinski definition) is 5. The number of hydrogen-bond donors (Lipinski definition) is 0. The van der Waals surface area contributed by atoms with Crippen LogP contribution in [0.5, 0.6) is 0 Å². The molecule has 0 aromatic heterocycles. The zero-order valence-corrected chi connectivity index (χ0v) is 10.1. The highest BCUT2D eigenvalue weighted by molar-refractivity contribution is 5.91. The Hall–Kier alpha value is -3.85. The van der Waals surface area contributed by atoms with Gasteiger partial charge in [0, 0.05) is 5.57 Å². The Balaban J connectivity index is 3.84. The van der Waals surface area contributed by atoms with Gasteiger partial charge in [0.2, 0.25) is 0 Å². The molecule has 0 aliphatic heterocycles. The lowest BCUT2D eigenvalue weighted by atomic mass is 9.91. The predicted octanol–water partition coefficient (Wildman–Crippen LogP) is 2.35. The van der Waals surface area contributed by atoms with Crippen molar-refractivity contribution in [1.29, 1.82) is 26.3 Å². The first-order valence-corrected chi connectivity index (χ1v) is 5.28. The van der Waals surface area contributed by atoms with Gasteiger partial charge in [0.1, 0.15) is 41.5 Å². The number of allylic oxidation sites excluding steroid dienone is 4. The molecule has 0 atom stereocenters. The maximum Gasteiger partial charge on any atom is 0.148 e. The fourth-order valence-electron chi connectivity index (χ4n) is 1.53. The Kier molecular flexibility index (Phi) is 4.82. The molecule has 5 nitrogen and oxygen atoms in total. The summed E-state index contributed by atoms with van der Waals surface area (Å²) in [5.74, 6) is 0. The molecule has 0 saturated carbocycles. The smallest absolute Gasteiger partial charge is 0.148 e. The van der Waals surface area contributed by atoms with Crippen molar-refractivity contribution in [2.24, 2.45) is 0 Å². The molecule has 5 heteroatoms. The second-order valence-corrected chi connectivity index (χ2v) is 3.43. The normalized spacial score (nSPS) is 7.75. The molecule has 90 valence electrons. The third-order valence-electron chi connectivity index (χ3n) is 2.37. The second-order valence-electron chi connectivity index (χ2n) is 3.43. The van der Waals surface area contributed by atoms with Crippen LogP contribution in [0.3, 0.4) is 0 Å². The molecule has 1 aromatic carbocycles. The molecule has 0 radical (unpaired) electrons. The maximum atomic E-state index is 9.17. The third kappa shape index (κ3) is 2.69. The average Bonchev–Trinajstić information content (AvgIpc) is 2.51. The fourth-order valence-corrected chi connectivity index (χ4v) is 1.53. The summed E-state index contributed by atoms with van der Waals surface area (Å²) in [5.41, 5.74) is -0.620. The van der Waals surface area contributed by atoms with Gasteiger partial charge in [-0.3, -0.25) is 0 Å². The molecule has 0 amide bonds. The van der Waals surface area contributed by atoms with Gasteiger partial charge in [-0.2, -0.15) is 26.3 Å². The Morgan fingerprint density at radius 2 is 1.15 bits per heavy atom. The quantitative estimate of drug-likeness (QED) is 0.593. The van der Waals surface area contributed by atoms with Crippen molar-refractivity contribution in [1.82, 2.24) is 0 Å². The van der Waals surface area contributed by atoms with E-state index in [1.807, 2.05) is 0 Å². The summed E-state index contributed by atoms with van der Waals surface area (Å²) in [6, 6.07) is 16.5. The molecular weight excluding hydrogens is 250 g/mol. The lowest BCUT2D eigenvalue weighted by Crippen LogP contribution is -1.96. The molecule has 0 heterocycles. The largest absolute Gasteiger partial charge is 0.192 e. The van der Waals surface area contributed by atoms with E-state index in [2.05, 4.69) is 0 Å². The fraction of sp³-hybridized carbons (Fsp3) is 0. The molecule has 0 fully saturated rings. The van der Waals surface area contributed by atoms with Crippen LogP contribution in [0.4, 0.5) is 0 Å². The molecule has 0 aliphatic carbocycles. The van der Waals surface area contributed by atoms with Crippen LogP contribution in [-0.2, 0) is 0 Å². The Morgan fingerprint density at radius 3 is 1.55 bits per heavy atom. The molecule has 1 aromatic rings. The van der Waals surface area contributed by atoms with Crippen molar-refractivity contribution in [2.75, 3.05) is 0 Å². The van der Waals surface area contributed by atoms with Gasteiger partial charge in [-0.1, -0.05) is 30.3 Å². The Morgan fingerprint density at radius 1 is 0.650 bits per heavy atom. The van der Waals surface area contributed by atoms with Gasteiger partial charge < -0.3 is 0 Å². The molecule has 1 rings (SSSR count). The van der Waals surface area contributed by atoms with Crippen molar-refractivity contribution in [3.8, 4) is 30.3 Å². The van der Waals surface area contributed by atoms with Crippen LogP contribution in [-0.4, -0.2) is 0 Å². The lowest BCUT2D eigenvalue weighted by Gasteiger charge is -2.06. The summed E-state index contributed by atoms with van der Waals surface area (Å²) in [6.07, 6.45) is 0. The van der Waals surface area contributed by atoms with Crippen LogP contribution in [0.2, 0.25) is 0 Å². The highest BCUT2D eigenvalue weighted by atomic mass is 14.3. The van der Waals surface area contributed by atoms with Crippen molar-refractivity contribution in [2.45, 2.75) is 0 Å². The van der Waals surface area contributed by atoms with E-state index >= 15 is 0 Å². The topological polar surface area (TPSA) is 119 Å². The maximum absolute atomic E-state index is 9.17. The van der Waals surface area contributed by atoms with Crippen LogP contribution >= 0.6 is 0 Å². The number of nitriles is 5. The molecule has 0 unspecified atom stereocenters. The van der Waals surface area contributed by atoms with Crippen LogP contribution in [0.1, 0.15) is 5.56 Å². The molecular formula is C15H5N5. The van der Waals surface area contributed by atoms with Crippen LogP contribution in [0.15, 0.2) is 47.1 Å². The number of rotatable bonds is 2. The molecule has 0 bridgehead atoms. The summed E-state index contributed by atoms with van der Waals surface area (Å²) >= 11 is 0. The van der Waals surface area contributed by atoms with Gasteiger partial charge >= 0.3 is 0 Å². The SMILES string of the molecule is N#CC(C#N)=C(C#N)C(=C(C#N)C#N)c1ccccc1. The third-order valence-corrected chi connectivity index (χ3v) is 2.37. The van der Waals surface area contributed by atoms with E-state index in [9.17, 15) is 0 Å². The lowest BCUT2D eigenvalue weighted by molar-refractivity contribution is 1.40. The first-order chi connectivity index (χ1) is 9.73. The minimum Gasteiger partial charge on any atom is -0.192 e. The average molecular weight is 255 g/mol. The van der Waals surface area contributed by atoms with Gasteiger partial charge in [-0.15, -0.1) is 0 Å². The summed E-state index contributed by atoms with van der Waals surface area (Å²) in [5, 5.41) is 44.9. The van der Waals surface area contributed by atoms with Gasteiger partial charge in [0.25, 0.3) is 0 Å². The minimum atomic E-state index is -0.436. The van der Waals surface area contributed by atoms with E-state index in [4.69, 9.17) is 26.3 Å². The van der Waals surface area contributed by atoms with E-state index in [1.54, 1.807) is 60.7 Å². The van der Waals surface area contributed by atoms with Crippen LogP contribution < -0.4 is 0 Å². The van der Waals surface area contributed by atoms with Gasteiger partial charge in [0.05, 0.1) is 5.57 Å². The van der Waals surface area contributed by atoms with Crippen LogP contribution in [0.25, 0.3) is 5.57 Å². The van der Waals surface area contributed by atoms with E-state index in [0.29, 0.717) is 5.56 Å². The zero-order chi connectivity index (χ0) is 15.0. The van der Waals surface area contributed by atoms with Gasteiger partial charge in [0.15, 0.2) is 0 Å². The highest BCUT2D eigenvalue weighted by Gasteiger charge is 2.18. The monoisotopic (exact) mass is 255 g/mol. The summed E-state index contributed by atoms with van der Waals surface area (Å²) in [6.45, 7) is 0. The molecule has 0 spiro atoms. The van der Waals surface area contributed by atoms with E-state index in [-0.39, 0.29) is 16.7 Å². The zero-order valence-electron chi connectivity index (χ0n) is 10.1. The van der Waals surface area contributed by atoms with E-state index < -0.39 is 5.57 Å². The first kappa shape index (κ1) is 14.2. The molecule has 0 N–H and O–H groups in total. The first-order valence-electron chi connectivity index (χ1n) is 5.28. The van der Waals surface area contributed by atoms with Crippen molar-refractivity contribution >= 4 is 5.57 Å². The highest BCUT2D eigenvalue weighted by Crippen LogP contribution is 2.28. The Labute approximate surface area is 115 Å². The minimum absolute atomic E-state index is 0.00352. The second kappa shape index (κ2) is 6.78. The van der Waals surface area contributed by atoms with E-state index in [1.165, 1.54) is 0 Å². The molecule has 0 saturated heterocycles. The molecule has 0 aliphatic rings. The number of benzene rings is 1. The standard InChI is InChI=1S/C15H5N5/c16-6-12(7-17)14(10-20)15(13(8-18)9-19)11-4-2-1-3-5-11/h1-5H. The Bertz CT molecular complexity index is 762. The number of nitrogens with zero attached hydrogens (tertiary/aromatic N) is 5. The summed E-state index contributed by atoms with van der Waals surface area (Å²) in [7, 11) is 0. The van der Waals surface area contributed by atoms with Crippen LogP contribution in [0, 0.1) is 56.7 Å².